The van der Waals surface area contributed by atoms with Crippen LogP contribution in [0.15, 0.2) is 46.9 Å². The van der Waals surface area contributed by atoms with Crippen molar-refractivity contribution in [2.45, 2.75) is 12.7 Å². The van der Waals surface area contributed by atoms with Crippen LogP contribution in [-0.2, 0) is 12.7 Å². The largest absolute Gasteiger partial charge is 0.497 e. The molecule has 0 saturated carbocycles. The van der Waals surface area contributed by atoms with Gasteiger partial charge in [0.05, 0.1) is 12.7 Å². The number of alkyl halides is 3. The fourth-order valence-electron chi connectivity index (χ4n) is 1.80. The zero-order valence-corrected chi connectivity index (χ0v) is 12.8. The molecule has 0 unspecified atom stereocenters. The van der Waals surface area contributed by atoms with Gasteiger partial charge in [-0.1, -0.05) is 28.1 Å². The molecule has 112 valence electrons. The molecule has 0 saturated heterocycles. The van der Waals surface area contributed by atoms with Gasteiger partial charge in [-0.15, -0.1) is 0 Å². The fourth-order valence-corrected chi connectivity index (χ4v) is 2.27. The normalized spacial score (nSPS) is 11.3. The summed E-state index contributed by atoms with van der Waals surface area (Å²) in [6.07, 6.45) is -4.30. The van der Waals surface area contributed by atoms with Crippen molar-refractivity contribution in [1.82, 2.24) is 0 Å². The molecule has 0 aliphatic carbocycles. The number of hydrogen-bond acceptors (Lipinski definition) is 2. The molecule has 6 heteroatoms. The molecule has 0 aliphatic heterocycles. The van der Waals surface area contributed by atoms with Crippen molar-refractivity contribution in [1.29, 1.82) is 0 Å². The van der Waals surface area contributed by atoms with Crippen LogP contribution in [0.4, 0.5) is 18.9 Å². The molecule has 0 amide bonds. The molecule has 0 bridgehead atoms. The molecule has 0 atom stereocenters. The minimum absolute atomic E-state index is 0.428. The standard InChI is InChI=1S/C15H13BrF3NO/c1-21-14-7-12(16)6-13(8-14)20-9-10-2-4-11(5-3-10)15(17,18)19/h2-8,20H,9H2,1H3. The van der Waals surface area contributed by atoms with Crippen LogP contribution < -0.4 is 10.1 Å². The van der Waals surface area contributed by atoms with E-state index in [4.69, 9.17) is 4.74 Å². The number of ether oxygens (including phenoxy) is 1. The first-order valence-corrected chi connectivity index (χ1v) is 6.92. The number of nitrogens with one attached hydrogen (secondary N) is 1. The highest BCUT2D eigenvalue weighted by Gasteiger charge is 2.29. The average Bonchev–Trinajstić information content (AvgIpc) is 2.44. The molecule has 2 aromatic carbocycles. The lowest BCUT2D eigenvalue weighted by Crippen LogP contribution is -2.05. The molecule has 0 aromatic heterocycles. The van der Waals surface area contributed by atoms with Crippen molar-refractivity contribution in [3.8, 4) is 5.75 Å². The number of rotatable bonds is 4. The van der Waals surface area contributed by atoms with Gasteiger partial charge in [0.15, 0.2) is 0 Å². The smallest absolute Gasteiger partial charge is 0.416 e. The van der Waals surface area contributed by atoms with Gasteiger partial charge in [-0.25, -0.2) is 0 Å². The highest BCUT2D eigenvalue weighted by atomic mass is 79.9. The minimum Gasteiger partial charge on any atom is -0.497 e. The van der Waals surface area contributed by atoms with Crippen LogP contribution in [0.3, 0.4) is 0 Å². The Morgan fingerprint density at radius 1 is 1.10 bits per heavy atom. The van der Waals surface area contributed by atoms with E-state index < -0.39 is 11.7 Å². The molecule has 2 nitrogen and oxygen atoms in total. The van der Waals surface area contributed by atoms with E-state index in [0.717, 1.165) is 27.9 Å². The van der Waals surface area contributed by atoms with E-state index in [2.05, 4.69) is 21.2 Å². The second-order valence-electron chi connectivity index (χ2n) is 4.43. The summed E-state index contributed by atoms with van der Waals surface area (Å²) in [4.78, 5) is 0. The van der Waals surface area contributed by atoms with Crippen LogP contribution in [0.25, 0.3) is 0 Å². The molecule has 0 radical (unpaired) electrons. The second-order valence-corrected chi connectivity index (χ2v) is 5.34. The first-order valence-electron chi connectivity index (χ1n) is 6.13. The number of anilines is 1. The maximum absolute atomic E-state index is 12.5. The predicted molar refractivity (Wildman–Crippen MR) is 79.5 cm³/mol. The minimum atomic E-state index is -4.30. The van der Waals surface area contributed by atoms with Crippen molar-refractivity contribution in [3.05, 3.63) is 58.1 Å². The lowest BCUT2D eigenvalue weighted by atomic mass is 10.1. The summed E-state index contributed by atoms with van der Waals surface area (Å²) in [7, 11) is 1.57. The van der Waals surface area contributed by atoms with Crippen LogP contribution in [0.5, 0.6) is 5.75 Å². The topological polar surface area (TPSA) is 21.3 Å². The van der Waals surface area contributed by atoms with Crippen LogP contribution in [-0.4, -0.2) is 7.11 Å². The predicted octanol–water partition coefficient (Wildman–Crippen LogP) is 5.09. The average molecular weight is 360 g/mol. The van der Waals surface area contributed by atoms with Crippen molar-refractivity contribution in [2.24, 2.45) is 0 Å². The molecule has 0 aliphatic rings. The Morgan fingerprint density at radius 2 is 1.76 bits per heavy atom. The van der Waals surface area contributed by atoms with Gasteiger partial charge in [-0.05, 0) is 29.8 Å². The molecule has 2 aromatic rings. The monoisotopic (exact) mass is 359 g/mol. The highest BCUT2D eigenvalue weighted by Crippen LogP contribution is 2.29. The van der Waals surface area contributed by atoms with Crippen LogP contribution >= 0.6 is 15.9 Å². The third-order valence-corrected chi connectivity index (χ3v) is 3.34. The number of hydrogen-bond donors (Lipinski definition) is 1. The molecule has 0 spiro atoms. The van der Waals surface area contributed by atoms with Gasteiger partial charge in [0.1, 0.15) is 5.75 Å². The third-order valence-electron chi connectivity index (χ3n) is 2.88. The van der Waals surface area contributed by atoms with E-state index in [9.17, 15) is 13.2 Å². The van der Waals surface area contributed by atoms with Crippen LogP contribution in [0.2, 0.25) is 0 Å². The summed E-state index contributed by atoms with van der Waals surface area (Å²) >= 11 is 3.37. The van der Waals surface area contributed by atoms with Crippen molar-refractivity contribution >= 4 is 21.6 Å². The van der Waals surface area contributed by atoms with Gasteiger partial charge in [-0.2, -0.15) is 13.2 Å². The molecular formula is C15H13BrF3NO. The zero-order chi connectivity index (χ0) is 15.5. The van der Waals surface area contributed by atoms with Gasteiger partial charge in [0, 0.05) is 22.8 Å². The molecule has 0 fully saturated rings. The van der Waals surface area contributed by atoms with Crippen LogP contribution in [0.1, 0.15) is 11.1 Å². The van der Waals surface area contributed by atoms with E-state index in [1.54, 1.807) is 7.11 Å². The first kappa shape index (κ1) is 15.7. The Morgan fingerprint density at radius 3 is 2.33 bits per heavy atom. The Hall–Kier alpha value is -1.69. The van der Waals surface area contributed by atoms with Gasteiger partial charge >= 0.3 is 6.18 Å². The SMILES string of the molecule is COc1cc(Br)cc(NCc2ccc(C(F)(F)F)cc2)c1. The van der Waals surface area contributed by atoms with E-state index in [0.29, 0.717) is 12.3 Å². The van der Waals surface area contributed by atoms with E-state index in [-0.39, 0.29) is 0 Å². The van der Waals surface area contributed by atoms with Gasteiger partial charge in [0.2, 0.25) is 0 Å². The molecule has 2 rings (SSSR count). The Labute approximate surface area is 129 Å². The lowest BCUT2D eigenvalue weighted by Gasteiger charge is -2.10. The summed E-state index contributed by atoms with van der Waals surface area (Å²) in [6, 6.07) is 10.6. The summed E-state index contributed by atoms with van der Waals surface area (Å²) in [6.45, 7) is 0.428. The van der Waals surface area contributed by atoms with Crippen molar-refractivity contribution in [2.75, 3.05) is 12.4 Å². The Bertz CT molecular complexity index is 611. The maximum Gasteiger partial charge on any atom is 0.416 e. The zero-order valence-electron chi connectivity index (χ0n) is 11.2. The van der Waals surface area contributed by atoms with Gasteiger partial charge in [0.25, 0.3) is 0 Å². The van der Waals surface area contributed by atoms with E-state index in [1.165, 1.54) is 12.1 Å². The molecule has 1 N–H and O–H groups in total. The Balaban J connectivity index is 2.05. The Kier molecular flexibility index (Phi) is 4.77. The number of benzene rings is 2. The summed E-state index contributed by atoms with van der Waals surface area (Å²) in [5.41, 5.74) is 0.943. The summed E-state index contributed by atoms with van der Waals surface area (Å²) < 4.78 is 43.4. The summed E-state index contributed by atoms with van der Waals surface area (Å²) in [5.74, 6) is 0.694. The van der Waals surface area contributed by atoms with Crippen molar-refractivity contribution in [3.63, 3.8) is 0 Å². The maximum atomic E-state index is 12.5. The van der Waals surface area contributed by atoms with Gasteiger partial charge in [-0.3, -0.25) is 0 Å². The van der Waals surface area contributed by atoms with Gasteiger partial charge < -0.3 is 10.1 Å². The van der Waals surface area contributed by atoms with E-state index >= 15 is 0 Å². The third kappa shape index (κ3) is 4.39. The van der Waals surface area contributed by atoms with E-state index in [1.807, 2.05) is 18.2 Å². The highest BCUT2D eigenvalue weighted by molar-refractivity contribution is 9.10. The summed E-state index contributed by atoms with van der Waals surface area (Å²) in [5, 5.41) is 3.14. The fraction of sp³-hybridized carbons (Fsp3) is 0.200. The molecule has 0 heterocycles. The number of methoxy groups -OCH3 is 1. The molecule has 21 heavy (non-hydrogen) atoms. The quantitative estimate of drug-likeness (QED) is 0.820. The van der Waals surface area contributed by atoms with Crippen molar-refractivity contribution < 1.29 is 17.9 Å². The molecular weight excluding hydrogens is 347 g/mol. The first-order chi connectivity index (χ1) is 9.88. The second kappa shape index (κ2) is 6.39. The lowest BCUT2D eigenvalue weighted by molar-refractivity contribution is -0.137. The number of halogens is 4. The van der Waals surface area contributed by atoms with Crippen LogP contribution in [0, 0.1) is 0 Å².